The molecule has 0 saturated carbocycles. The SMILES string of the molecule is O=c1[nH]c2cccc(OC[C@H](O)CNCC3CCN(S(=O)(=O)c4c(Cl)sc(Cl)c4Br)CC3)c2[nH]1. The van der Waals surface area contributed by atoms with Crippen LogP contribution in [0.5, 0.6) is 5.75 Å². The molecule has 3 heterocycles. The predicted molar refractivity (Wildman–Crippen MR) is 137 cm³/mol. The largest absolute Gasteiger partial charge is 0.489 e. The number of hydrogen-bond donors (Lipinski definition) is 4. The monoisotopic (exact) mass is 612 g/mol. The number of sulfonamides is 1. The van der Waals surface area contributed by atoms with E-state index in [1.165, 1.54) is 4.31 Å². The average Bonchev–Trinajstić information content (AvgIpc) is 3.30. The van der Waals surface area contributed by atoms with E-state index in [9.17, 15) is 18.3 Å². The summed E-state index contributed by atoms with van der Waals surface area (Å²) in [4.78, 5) is 16.8. The number of piperidine rings is 1. The van der Waals surface area contributed by atoms with E-state index in [0.717, 1.165) is 11.3 Å². The molecule has 1 aliphatic rings. The van der Waals surface area contributed by atoms with Crippen molar-refractivity contribution in [2.24, 2.45) is 5.92 Å². The van der Waals surface area contributed by atoms with Gasteiger partial charge in [0, 0.05) is 19.6 Å². The highest BCUT2D eigenvalue weighted by molar-refractivity contribution is 9.10. The van der Waals surface area contributed by atoms with E-state index < -0.39 is 16.1 Å². The number of rotatable bonds is 9. The number of nitrogens with one attached hydrogen (secondary N) is 3. The van der Waals surface area contributed by atoms with Crippen molar-refractivity contribution in [1.82, 2.24) is 19.6 Å². The van der Waals surface area contributed by atoms with Crippen molar-refractivity contribution in [3.05, 3.63) is 41.8 Å². The molecule has 4 rings (SSSR count). The first-order chi connectivity index (χ1) is 16.2. The molecule has 1 aliphatic heterocycles. The highest BCUT2D eigenvalue weighted by Gasteiger charge is 2.34. The normalized spacial score (nSPS) is 16.8. The van der Waals surface area contributed by atoms with Gasteiger partial charge in [0.1, 0.15) is 37.5 Å². The van der Waals surface area contributed by atoms with Gasteiger partial charge in [0.15, 0.2) is 0 Å². The zero-order valence-corrected chi connectivity index (χ0v) is 22.5. The third kappa shape index (κ3) is 5.65. The number of hydrogen-bond acceptors (Lipinski definition) is 7. The maximum absolute atomic E-state index is 13.0. The number of para-hydroxylation sites is 1. The third-order valence-electron chi connectivity index (χ3n) is 5.66. The van der Waals surface area contributed by atoms with Crippen molar-refractivity contribution in [2.45, 2.75) is 23.8 Å². The van der Waals surface area contributed by atoms with Crippen LogP contribution in [0.25, 0.3) is 11.0 Å². The van der Waals surface area contributed by atoms with Crippen LogP contribution in [0.2, 0.25) is 8.67 Å². The number of aliphatic hydroxyl groups excluding tert-OH is 1. The lowest BCUT2D eigenvalue weighted by molar-refractivity contribution is 0.105. The second-order valence-electron chi connectivity index (χ2n) is 8.02. The summed E-state index contributed by atoms with van der Waals surface area (Å²) in [5.74, 6) is 0.769. The zero-order valence-electron chi connectivity index (χ0n) is 17.8. The second-order valence-corrected chi connectivity index (χ2v) is 12.9. The number of imidazole rings is 1. The number of ether oxygens (including phenoxy) is 1. The lowest BCUT2D eigenvalue weighted by atomic mass is 9.98. The van der Waals surface area contributed by atoms with Crippen LogP contribution >= 0.6 is 50.5 Å². The van der Waals surface area contributed by atoms with Gasteiger partial charge < -0.3 is 25.1 Å². The van der Waals surface area contributed by atoms with E-state index in [4.69, 9.17) is 27.9 Å². The van der Waals surface area contributed by atoms with Crippen LogP contribution < -0.4 is 15.7 Å². The van der Waals surface area contributed by atoms with Gasteiger partial charge in [-0.2, -0.15) is 4.31 Å². The van der Waals surface area contributed by atoms with E-state index in [2.05, 4.69) is 31.2 Å². The Kier molecular flexibility index (Phi) is 8.30. The molecule has 0 amide bonds. The van der Waals surface area contributed by atoms with Gasteiger partial charge in [0.25, 0.3) is 0 Å². The fourth-order valence-corrected chi connectivity index (χ4v) is 8.84. The van der Waals surface area contributed by atoms with E-state index >= 15 is 0 Å². The highest BCUT2D eigenvalue weighted by atomic mass is 79.9. The van der Waals surface area contributed by atoms with Crippen LogP contribution in [0.3, 0.4) is 0 Å². The maximum Gasteiger partial charge on any atom is 0.323 e. The quantitative estimate of drug-likeness (QED) is 0.293. The fourth-order valence-electron chi connectivity index (χ4n) is 3.89. The minimum atomic E-state index is -3.73. The molecule has 0 aliphatic carbocycles. The number of thiophene rings is 1. The van der Waals surface area contributed by atoms with Crippen LogP contribution in [-0.4, -0.2) is 66.7 Å². The second kappa shape index (κ2) is 10.9. The van der Waals surface area contributed by atoms with Crippen molar-refractivity contribution >= 4 is 71.5 Å². The van der Waals surface area contributed by atoms with Crippen LogP contribution in [0.4, 0.5) is 0 Å². The first-order valence-corrected chi connectivity index (χ1v) is 14.3. The van der Waals surface area contributed by atoms with Crippen molar-refractivity contribution in [2.75, 3.05) is 32.8 Å². The molecule has 2 aromatic heterocycles. The molecule has 0 bridgehead atoms. The van der Waals surface area contributed by atoms with E-state index in [0.29, 0.717) is 64.6 Å². The summed E-state index contributed by atoms with van der Waals surface area (Å²) in [6, 6.07) is 5.25. The van der Waals surface area contributed by atoms with Gasteiger partial charge in [-0.15, -0.1) is 11.3 Å². The van der Waals surface area contributed by atoms with E-state index in [1.807, 2.05) is 0 Å². The molecule has 0 unspecified atom stereocenters. The number of benzene rings is 1. The van der Waals surface area contributed by atoms with Crippen molar-refractivity contribution in [3.63, 3.8) is 0 Å². The Labute approximate surface area is 218 Å². The molecule has 1 atom stereocenters. The molecule has 14 heteroatoms. The van der Waals surface area contributed by atoms with Gasteiger partial charge in [0.05, 0.1) is 9.99 Å². The Bertz CT molecular complexity index is 1320. The molecule has 4 N–H and O–H groups in total. The zero-order chi connectivity index (χ0) is 24.5. The van der Waals surface area contributed by atoms with Gasteiger partial charge >= 0.3 is 5.69 Å². The summed E-state index contributed by atoms with van der Waals surface area (Å²) in [7, 11) is -3.73. The lowest BCUT2D eigenvalue weighted by Crippen LogP contribution is -2.42. The third-order valence-corrected chi connectivity index (χ3v) is 11.0. The summed E-state index contributed by atoms with van der Waals surface area (Å²) in [6.07, 6.45) is 0.632. The smallest absolute Gasteiger partial charge is 0.323 e. The number of fused-ring (bicyclic) bond motifs is 1. The summed E-state index contributed by atoms with van der Waals surface area (Å²) in [5.41, 5.74) is 0.884. The summed E-state index contributed by atoms with van der Waals surface area (Å²) in [5, 5.41) is 13.5. The van der Waals surface area contributed by atoms with Crippen LogP contribution in [0.1, 0.15) is 12.8 Å². The minimum absolute atomic E-state index is 0.0308. The lowest BCUT2D eigenvalue weighted by Gasteiger charge is -2.31. The molecule has 186 valence electrons. The highest BCUT2D eigenvalue weighted by Crippen LogP contribution is 2.44. The summed E-state index contributed by atoms with van der Waals surface area (Å²) < 4.78 is 33.9. The minimum Gasteiger partial charge on any atom is -0.489 e. The van der Waals surface area contributed by atoms with Crippen LogP contribution in [-0.2, 0) is 10.0 Å². The summed E-state index contributed by atoms with van der Waals surface area (Å²) >= 11 is 16.4. The average molecular weight is 614 g/mol. The number of aromatic amines is 2. The molecule has 34 heavy (non-hydrogen) atoms. The molecule has 3 aromatic rings. The predicted octanol–water partition coefficient (Wildman–Crippen LogP) is 3.42. The van der Waals surface area contributed by atoms with Crippen LogP contribution in [0, 0.1) is 5.92 Å². The van der Waals surface area contributed by atoms with Crippen molar-refractivity contribution in [3.8, 4) is 5.75 Å². The van der Waals surface area contributed by atoms with Crippen LogP contribution in [0.15, 0.2) is 32.4 Å². The molecular formula is C20H23BrCl2N4O5S2. The van der Waals surface area contributed by atoms with Gasteiger partial charge in [-0.05, 0) is 53.4 Å². The first kappa shape index (κ1) is 26.0. The van der Waals surface area contributed by atoms with Gasteiger partial charge in [-0.25, -0.2) is 13.2 Å². The molecular weight excluding hydrogens is 591 g/mol. The number of nitrogens with zero attached hydrogens (tertiary/aromatic N) is 1. The van der Waals surface area contributed by atoms with Gasteiger partial charge in [0.2, 0.25) is 10.0 Å². The van der Waals surface area contributed by atoms with E-state index in [1.54, 1.807) is 18.2 Å². The Morgan fingerprint density at radius 3 is 2.68 bits per heavy atom. The topological polar surface area (TPSA) is 128 Å². The number of halogens is 3. The standard InChI is InChI=1S/C20H23BrCl2N4O5S2/c21-15-17(19(23)33-18(15)22)34(30,31)27-6-4-11(5-7-27)8-24-9-12(28)10-32-14-3-1-2-13-16(14)26-20(29)25-13/h1-3,11-12,24,28H,4-10H2,(H2,25,26,29)/t12-/m1/s1. The first-order valence-electron chi connectivity index (χ1n) is 10.5. The molecule has 1 aromatic carbocycles. The molecule has 9 nitrogen and oxygen atoms in total. The molecule has 1 fully saturated rings. The fraction of sp³-hybridized carbons (Fsp3) is 0.450. The Morgan fingerprint density at radius 1 is 1.26 bits per heavy atom. The molecule has 0 radical (unpaired) electrons. The Hall–Kier alpha value is -1.12. The maximum atomic E-state index is 13.0. The number of aromatic nitrogens is 2. The Balaban J connectivity index is 1.22. The van der Waals surface area contributed by atoms with Crippen molar-refractivity contribution < 1.29 is 18.3 Å². The van der Waals surface area contributed by atoms with Gasteiger partial charge in [-0.3, -0.25) is 0 Å². The number of aliphatic hydroxyl groups is 1. The summed E-state index contributed by atoms with van der Waals surface area (Å²) in [6.45, 7) is 1.81. The Morgan fingerprint density at radius 2 is 2.00 bits per heavy atom. The van der Waals surface area contributed by atoms with E-state index in [-0.39, 0.29) is 27.4 Å². The molecule has 0 spiro atoms. The number of H-pyrrole nitrogens is 2. The molecule has 1 saturated heterocycles. The van der Waals surface area contributed by atoms with Crippen molar-refractivity contribution in [1.29, 1.82) is 0 Å². The van der Waals surface area contributed by atoms with Gasteiger partial charge in [-0.1, -0.05) is 29.3 Å².